The Bertz CT molecular complexity index is 940. The first-order valence-corrected chi connectivity index (χ1v) is 6.51. The molecule has 1 aromatic carbocycles. The third kappa shape index (κ3) is 3.19. The highest BCUT2D eigenvalue weighted by molar-refractivity contribution is 5.84. The van der Waals surface area contributed by atoms with Crippen molar-refractivity contribution in [3.63, 3.8) is 0 Å². The van der Waals surface area contributed by atoms with E-state index in [0.29, 0.717) is 5.52 Å². The molecule has 1 aliphatic rings. The Morgan fingerprint density at radius 2 is 2.52 bits per heavy atom. The molecule has 0 radical (unpaired) electrons. The van der Waals surface area contributed by atoms with Crippen molar-refractivity contribution in [1.29, 1.82) is 0 Å². The van der Waals surface area contributed by atoms with E-state index in [9.17, 15) is 4.79 Å². The van der Waals surface area contributed by atoms with E-state index in [-0.39, 0.29) is 29.3 Å². The van der Waals surface area contributed by atoms with E-state index < -0.39 is 38.4 Å². The van der Waals surface area contributed by atoms with Crippen molar-refractivity contribution in [2.45, 2.75) is 18.8 Å². The molecule has 1 fully saturated rings. The highest BCUT2D eigenvalue weighted by Crippen LogP contribution is 2.21. The van der Waals surface area contributed by atoms with E-state index in [1.165, 1.54) is 25.2 Å². The fourth-order valence-electron chi connectivity index (χ4n) is 2.15. The maximum atomic E-state index is 11.3. The molecule has 0 unspecified atom stereocenters. The summed E-state index contributed by atoms with van der Waals surface area (Å²) < 4.78 is 68.8. The Kier molecular flexibility index (Phi) is 2.01. The fourth-order valence-corrected chi connectivity index (χ4v) is 2.15. The Morgan fingerprint density at radius 3 is 3.29 bits per heavy atom. The van der Waals surface area contributed by atoms with Crippen molar-refractivity contribution in [3.05, 3.63) is 35.5 Å². The average Bonchev–Trinajstić information content (AvgIpc) is 3.15. The molecule has 2 aromatic rings. The van der Waals surface area contributed by atoms with Gasteiger partial charge in [-0.1, -0.05) is 6.07 Å². The lowest BCUT2D eigenvalue weighted by Crippen LogP contribution is -2.28. The predicted molar refractivity (Wildman–Crippen MR) is 82.5 cm³/mol. The number of hydrogen-bond acceptors (Lipinski definition) is 3. The number of benzene rings is 1. The molecule has 2 N–H and O–H groups in total. The van der Waals surface area contributed by atoms with Crippen LogP contribution in [0, 0.1) is 0 Å². The lowest BCUT2D eigenvalue weighted by atomic mass is 10.0. The number of likely N-dealkylation sites (N-methyl/N-ethyl adjacent to an activating group) is 1. The van der Waals surface area contributed by atoms with Gasteiger partial charge in [0.15, 0.2) is 0 Å². The minimum Gasteiger partial charge on any atom is -0.447 e. The standard InChI is InChI=1S/C16H21N3O2/c1-19(2)6-5-12-9-17-15-4-3-11(8-14(12)15)7-13-10-21-16(20)18-13/h3-4,8-9,13,17H,5-7,10H2,1-2H3,(H,18,20)/t13-/m0/s1/i1D3,5D2,7D2,9D. The Morgan fingerprint density at radius 1 is 1.62 bits per heavy atom. The molecule has 1 amide bonds. The molecule has 5 heteroatoms. The first kappa shape index (κ1) is 7.31. The lowest BCUT2D eigenvalue weighted by molar-refractivity contribution is 0.177. The van der Waals surface area contributed by atoms with Gasteiger partial charge in [0.1, 0.15) is 6.61 Å². The summed E-state index contributed by atoms with van der Waals surface area (Å²) in [5, 5.41) is 2.69. The van der Waals surface area contributed by atoms with Gasteiger partial charge in [0.05, 0.1) is 7.41 Å². The number of rotatable bonds is 5. The molecule has 1 aliphatic heterocycles. The summed E-state index contributed by atoms with van der Waals surface area (Å²) in [6.45, 7) is -3.12. The number of cyclic esters (lactones) is 1. The van der Waals surface area contributed by atoms with Crippen LogP contribution in [0.2, 0.25) is 0 Å². The Balaban J connectivity index is 2.04. The number of alkyl carbamates (subject to hydrolysis) is 1. The molecule has 0 aliphatic carbocycles. The van der Waals surface area contributed by atoms with Crippen molar-refractivity contribution in [1.82, 2.24) is 15.2 Å². The van der Waals surface area contributed by atoms with E-state index >= 15 is 0 Å². The van der Waals surface area contributed by atoms with Gasteiger partial charge in [-0.25, -0.2) is 4.79 Å². The van der Waals surface area contributed by atoms with Gasteiger partial charge in [0, 0.05) is 33.2 Å². The summed E-state index contributed by atoms with van der Waals surface area (Å²) >= 11 is 0. The molecule has 5 nitrogen and oxygen atoms in total. The number of fused-ring (bicyclic) bond motifs is 1. The molecule has 1 atom stereocenters. The SMILES string of the molecule is [2H]c1[nH]c2ccc(C([2H])([2H])[C@H]3COC(=O)N3)cc2c1C([2H])([2H])CN(C)C([2H])([2H])[2H]. The molecule has 0 spiro atoms. The van der Waals surface area contributed by atoms with E-state index in [1.807, 2.05) is 0 Å². The average molecular weight is 295 g/mol. The highest BCUT2D eigenvalue weighted by atomic mass is 16.6. The van der Waals surface area contributed by atoms with Crippen LogP contribution >= 0.6 is 0 Å². The normalized spacial score (nSPS) is 25.8. The van der Waals surface area contributed by atoms with Gasteiger partial charge in [-0.05, 0) is 50.0 Å². The second kappa shape index (κ2) is 5.77. The van der Waals surface area contributed by atoms with Crippen molar-refractivity contribution < 1.29 is 20.5 Å². The summed E-state index contributed by atoms with van der Waals surface area (Å²) in [6, 6.07) is 3.54. The Labute approximate surface area is 135 Å². The minimum atomic E-state index is -2.50. The molecule has 21 heavy (non-hydrogen) atoms. The maximum absolute atomic E-state index is 11.3. The van der Waals surface area contributed by atoms with Crippen LogP contribution in [0.25, 0.3) is 10.9 Å². The van der Waals surface area contributed by atoms with E-state index in [1.54, 1.807) is 0 Å². The van der Waals surface area contributed by atoms with Crippen molar-refractivity contribution >= 4 is 17.0 Å². The van der Waals surface area contributed by atoms with Gasteiger partial charge in [-0.2, -0.15) is 0 Å². The number of carbonyl (C=O) groups excluding carboxylic acids is 1. The van der Waals surface area contributed by atoms with Crippen LogP contribution in [-0.4, -0.2) is 49.2 Å². The largest absolute Gasteiger partial charge is 0.447 e. The van der Waals surface area contributed by atoms with Gasteiger partial charge in [0.2, 0.25) is 0 Å². The third-order valence-corrected chi connectivity index (χ3v) is 3.12. The zero-order valence-corrected chi connectivity index (χ0v) is 11.5. The zero-order chi connectivity index (χ0) is 21.8. The first-order valence-electron chi connectivity index (χ1n) is 10.5. The van der Waals surface area contributed by atoms with Gasteiger partial charge < -0.3 is 19.9 Å². The second-order valence-corrected chi connectivity index (χ2v) is 4.86. The number of nitrogens with zero attached hydrogens (tertiary/aromatic N) is 1. The Hall–Kier alpha value is -2.01. The molecule has 1 aromatic heterocycles. The van der Waals surface area contributed by atoms with Gasteiger partial charge in [-0.15, -0.1) is 0 Å². The van der Waals surface area contributed by atoms with E-state index in [4.69, 9.17) is 15.7 Å². The van der Waals surface area contributed by atoms with E-state index in [2.05, 4.69) is 10.3 Å². The summed E-state index contributed by atoms with van der Waals surface area (Å²) in [5.41, 5.74) is 0.561. The molecular formula is C16H21N3O2. The first-order chi connectivity index (χ1) is 13.2. The lowest BCUT2D eigenvalue weighted by Gasteiger charge is -2.09. The molecule has 2 heterocycles. The molecule has 112 valence electrons. The van der Waals surface area contributed by atoms with E-state index in [0.717, 1.165) is 4.90 Å². The van der Waals surface area contributed by atoms with Crippen LogP contribution in [0.5, 0.6) is 0 Å². The van der Waals surface area contributed by atoms with Crippen molar-refractivity contribution in [2.75, 3.05) is 27.2 Å². The highest BCUT2D eigenvalue weighted by Gasteiger charge is 2.22. The third-order valence-electron chi connectivity index (χ3n) is 3.12. The molecule has 0 saturated carbocycles. The number of amides is 1. The second-order valence-electron chi connectivity index (χ2n) is 4.86. The molecule has 1 saturated heterocycles. The molecule has 3 rings (SSSR count). The molecule has 0 bridgehead atoms. The number of hydrogen-bond donors (Lipinski definition) is 2. The monoisotopic (exact) mass is 295 g/mol. The fraction of sp³-hybridized carbons (Fsp3) is 0.438. The molecular weight excluding hydrogens is 266 g/mol. The smallest absolute Gasteiger partial charge is 0.407 e. The number of nitrogens with one attached hydrogen (secondary N) is 2. The number of ether oxygens (including phenoxy) is 1. The van der Waals surface area contributed by atoms with Crippen molar-refractivity contribution in [2.24, 2.45) is 0 Å². The topological polar surface area (TPSA) is 57.4 Å². The number of aromatic nitrogens is 1. The summed E-state index contributed by atoms with van der Waals surface area (Å²) in [4.78, 5) is 14.9. The maximum Gasteiger partial charge on any atom is 0.407 e. The van der Waals surface area contributed by atoms with Crippen LogP contribution in [0.4, 0.5) is 4.79 Å². The van der Waals surface area contributed by atoms with Crippen LogP contribution < -0.4 is 5.32 Å². The van der Waals surface area contributed by atoms with Crippen LogP contribution in [-0.2, 0) is 17.5 Å². The van der Waals surface area contributed by atoms with Gasteiger partial charge >= 0.3 is 6.09 Å². The quantitative estimate of drug-likeness (QED) is 0.886. The van der Waals surface area contributed by atoms with Crippen LogP contribution in [0.15, 0.2) is 24.4 Å². The van der Waals surface area contributed by atoms with Gasteiger partial charge in [-0.3, -0.25) is 0 Å². The van der Waals surface area contributed by atoms with Crippen molar-refractivity contribution in [3.8, 4) is 0 Å². The number of H-pyrrole nitrogens is 1. The zero-order valence-electron chi connectivity index (χ0n) is 19.5. The number of aromatic amines is 1. The minimum absolute atomic E-state index is 0.0482. The predicted octanol–water partition coefficient (Wildman–Crippen LogP) is 1.92. The van der Waals surface area contributed by atoms with Crippen LogP contribution in [0.1, 0.15) is 22.1 Å². The summed E-state index contributed by atoms with van der Waals surface area (Å²) in [6.07, 6.45) is -5.10. The van der Waals surface area contributed by atoms with Crippen LogP contribution in [0.3, 0.4) is 0 Å². The summed E-state index contributed by atoms with van der Waals surface area (Å²) in [5.74, 6) is 0. The van der Waals surface area contributed by atoms with Gasteiger partial charge in [0.25, 0.3) is 0 Å². The summed E-state index contributed by atoms with van der Waals surface area (Å²) in [7, 11) is 1.27. The number of carbonyl (C=O) groups is 1.